The maximum atomic E-state index is 13.8. The van der Waals surface area contributed by atoms with E-state index in [4.69, 9.17) is 0 Å². The van der Waals surface area contributed by atoms with Crippen molar-refractivity contribution in [1.29, 1.82) is 0 Å². The van der Waals surface area contributed by atoms with Crippen molar-refractivity contribution in [1.82, 2.24) is 14.9 Å². The van der Waals surface area contributed by atoms with Crippen LogP contribution in [0.15, 0.2) is 23.0 Å². The van der Waals surface area contributed by atoms with E-state index in [1.54, 1.807) is 6.07 Å². The first-order valence-electron chi connectivity index (χ1n) is 7.89. The van der Waals surface area contributed by atoms with Gasteiger partial charge in [-0.15, -0.1) is 0 Å². The largest absolute Gasteiger partial charge is 0.310 e. The second-order valence-corrected chi connectivity index (χ2v) is 6.32. The fourth-order valence-electron chi connectivity index (χ4n) is 3.11. The predicted molar refractivity (Wildman–Crippen MR) is 81.0 cm³/mol. The van der Waals surface area contributed by atoms with Crippen LogP contribution in [0.1, 0.15) is 41.4 Å². The van der Waals surface area contributed by atoms with E-state index in [0.29, 0.717) is 37.5 Å². The molecule has 0 unspecified atom stereocenters. The van der Waals surface area contributed by atoms with E-state index in [-0.39, 0.29) is 5.56 Å². The Bertz CT molecular complexity index is 814. The average molecular weight is 317 g/mol. The number of fused-ring (bicyclic) bond motifs is 1. The summed E-state index contributed by atoms with van der Waals surface area (Å²) < 4.78 is 27.1. The van der Waals surface area contributed by atoms with Crippen LogP contribution >= 0.6 is 0 Å². The van der Waals surface area contributed by atoms with E-state index in [1.807, 2.05) is 4.90 Å². The topological polar surface area (TPSA) is 49.0 Å². The van der Waals surface area contributed by atoms with Gasteiger partial charge in [-0.1, -0.05) is 12.1 Å². The fraction of sp³-hybridized carbons (Fsp3) is 0.412. The van der Waals surface area contributed by atoms with Crippen molar-refractivity contribution in [3.8, 4) is 0 Å². The first-order valence-corrected chi connectivity index (χ1v) is 7.89. The van der Waals surface area contributed by atoms with Crippen molar-refractivity contribution in [2.45, 2.75) is 38.3 Å². The number of benzene rings is 1. The van der Waals surface area contributed by atoms with Crippen LogP contribution in [0.25, 0.3) is 0 Å². The summed E-state index contributed by atoms with van der Waals surface area (Å²) in [5, 5.41) is 0. The van der Waals surface area contributed by atoms with Crippen molar-refractivity contribution in [3.05, 3.63) is 62.8 Å². The van der Waals surface area contributed by atoms with E-state index in [1.165, 1.54) is 6.07 Å². The summed E-state index contributed by atoms with van der Waals surface area (Å²) in [4.78, 5) is 21.6. The molecule has 2 heterocycles. The van der Waals surface area contributed by atoms with Gasteiger partial charge in [0, 0.05) is 36.7 Å². The van der Waals surface area contributed by atoms with Crippen LogP contribution in [0.3, 0.4) is 0 Å². The zero-order valence-corrected chi connectivity index (χ0v) is 12.6. The Labute approximate surface area is 132 Å². The number of halogens is 2. The number of nitrogens with one attached hydrogen (secondary N) is 1. The normalized spacial score (nSPS) is 18.0. The molecular weight excluding hydrogens is 300 g/mol. The molecule has 4 nitrogen and oxygen atoms in total. The Balaban J connectivity index is 1.58. The minimum atomic E-state index is -0.828. The van der Waals surface area contributed by atoms with E-state index in [9.17, 15) is 13.6 Å². The molecule has 1 aromatic carbocycles. The highest BCUT2D eigenvalue weighted by Crippen LogP contribution is 2.37. The third-order valence-corrected chi connectivity index (χ3v) is 4.56. The summed E-state index contributed by atoms with van der Waals surface area (Å²) in [6.07, 6.45) is 2.72. The van der Waals surface area contributed by atoms with E-state index in [2.05, 4.69) is 9.97 Å². The molecule has 1 fully saturated rings. The molecule has 4 rings (SSSR count). The summed E-state index contributed by atoms with van der Waals surface area (Å²) in [7, 11) is 0. The molecule has 1 saturated carbocycles. The lowest BCUT2D eigenvalue weighted by molar-refractivity contribution is 0.236. The Morgan fingerprint density at radius 1 is 1.30 bits per heavy atom. The van der Waals surface area contributed by atoms with Crippen LogP contribution in [-0.2, 0) is 19.5 Å². The van der Waals surface area contributed by atoms with Gasteiger partial charge in [0.25, 0.3) is 5.56 Å². The van der Waals surface area contributed by atoms with Crippen molar-refractivity contribution in [2.75, 3.05) is 6.54 Å². The lowest BCUT2D eigenvalue weighted by atomic mass is 10.1. The molecular formula is C17H17F2N3O. The maximum absolute atomic E-state index is 13.8. The Morgan fingerprint density at radius 3 is 2.91 bits per heavy atom. The van der Waals surface area contributed by atoms with Crippen LogP contribution in [-0.4, -0.2) is 21.4 Å². The third kappa shape index (κ3) is 2.79. The van der Waals surface area contributed by atoms with Gasteiger partial charge < -0.3 is 4.98 Å². The van der Waals surface area contributed by atoms with Gasteiger partial charge in [0.05, 0.1) is 5.69 Å². The summed E-state index contributed by atoms with van der Waals surface area (Å²) in [5.41, 5.74) is 1.79. The number of H-pyrrole nitrogens is 1. The molecule has 2 aliphatic rings. The maximum Gasteiger partial charge on any atom is 0.254 e. The van der Waals surface area contributed by atoms with Gasteiger partial charge in [-0.2, -0.15) is 0 Å². The van der Waals surface area contributed by atoms with Crippen LogP contribution in [0.4, 0.5) is 8.78 Å². The molecule has 0 bridgehead atoms. The van der Waals surface area contributed by atoms with E-state index in [0.717, 1.165) is 36.0 Å². The summed E-state index contributed by atoms with van der Waals surface area (Å²) in [6, 6.07) is 4.22. The monoisotopic (exact) mass is 317 g/mol. The Kier molecular flexibility index (Phi) is 3.49. The first-order chi connectivity index (χ1) is 11.1. The highest BCUT2D eigenvalue weighted by molar-refractivity contribution is 5.24. The van der Waals surface area contributed by atoms with Gasteiger partial charge >= 0.3 is 0 Å². The van der Waals surface area contributed by atoms with Gasteiger partial charge in [0.2, 0.25) is 0 Å². The fourth-order valence-corrected chi connectivity index (χ4v) is 3.11. The summed E-state index contributed by atoms with van der Waals surface area (Å²) in [5.74, 6) is -0.474. The molecule has 2 aromatic rings. The standard InChI is InChI=1S/C17H17F2N3O/c18-13-3-1-2-11(15(13)19)8-22-7-6-12-14(9-22)20-16(10-4-5-10)21-17(12)23/h1-3,10H,4-9H2,(H,20,21,23). The molecule has 1 aliphatic carbocycles. The van der Waals surface area contributed by atoms with E-state index < -0.39 is 11.6 Å². The number of aromatic nitrogens is 2. The van der Waals surface area contributed by atoms with Gasteiger partial charge in [-0.3, -0.25) is 9.69 Å². The molecule has 0 radical (unpaired) electrons. The molecule has 1 aliphatic heterocycles. The number of rotatable bonds is 3. The van der Waals surface area contributed by atoms with Crippen LogP contribution in [0.2, 0.25) is 0 Å². The van der Waals surface area contributed by atoms with Crippen LogP contribution in [0, 0.1) is 11.6 Å². The molecule has 0 atom stereocenters. The lowest BCUT2D eigenvalue weighted by Gasteiger charge is -2.27. The second kappa shape index (κ2) is 5.53. The average Bonchev–Trinajstić information content (AvgIpc) is 3.36. The number of hydrogen-bond donors (Lipinski definition) is 1. The van der Waals surface area contributed by atoms with Crippen molar-refractivity contribution in [3.63, 3.8) is 0 Å². The molecule has 0 spiro atoms. The molecule has 120 valence electrons. The van der Waals surface area contributed by atoms with Gasteiger partial charge in [-0.25, -0.2) is 13.8 Å². The second-order valence-electron chi connectivity index (χ2n) is 6.32. The molecule has 23 heavy (non-hydrogen) atoms. The number of nitrogens with zero attached hydrogens (tertiary/aromatic N) is 2. The number of aromatic amines is 1. The molecule has 1 aromatic heterocycles. The summed E-state index contributed by atoms with van der Waals surface area (Å²) >= 11 is 0. The minimum absolute atomic E-state index is 0.0477. The van der Waals surface area contributed by atoms with E-state index >= 15 is 0 Å². The zero-order chi connectivity index (χ0) is 16.0. The van der Waals surface area contributed by atoms with Crippen molar-refractivity contribution >= 4 is 0 Å². The van der Waals surface area contributed by atoms with Crippen molar-refractivity contribution < 1.29 is 8.78 Å². The molecule has 0 amide bonds. The molecule has 6 heteroatoms. The van der Waals surface area contributed by atoms with Gasteiger partial charge in [-0.05, 0) is 25.3 Å². The van der Waals surface area contributed by atoms with Crippen LogP contribution < -0.4 is 5.56 Å². The van der Waals surface area contributed by atoms with Crippen molar-refractivity contribution in [2.24, 2.45) is 0 Å². The summed E-state index contributed by atoms with van der Waals surface area (Å²) in [6.45, 7) is 1.45. The van der Waals surface area contributed by atoms with Gasteiger partial charge in [0.1, 0.15) is 5.82 Å². The Hall–Kier alpha value is -2.08. The number of hydrogen-bond acceptors (Lipinski definition) is 3. The predicted octanol–water partition coefficient (Wildman–Crippen LogP) is 2.48. The SMILES string of the molecule is O=c1[nH]c(C2CC2)nc2c1CCN(Cc1cccc(F)c1F)C2. The molecule has 0 saturated heterocycles. The lowest BCUT2D eigenvalue weighted by Crippen LogP contribution is -2.35. The zero-order valence-electron chi connectivity index (χ0n) is 12.6. The highest BCUT2D eigenvalue weighted by atomic mass is 19.2. The quantitative estimate of drug-likeness (QED) is 0.946. The minimum Gasteiger partial charge on any atom is -0.310 e. The molecule has 1 N–H and O–H groups in total. The third-order valence-electron chi connectivity index (χ3n) is 4.56. The smallest absolute Gasteiger partial charge is 0.254 e. The highest BCUT2D eigenvalue weighted by Gasteiger charge is 2.29. The Morgan fingerprint density at radius 2 is 2.13 bits per heavy atom. The van der Waals surface area contributed by atoms with Gasteiger partial charge in [0.15, 0.2) is 11.6 Å². The van der Waals surface area contributed by atoms with Crippen LogP contribution in [0.5, 0.6) is 0 Å². The first kappa shape index (κ1) is 14.5.